The Morgan fingerprint density at radius 1 is 1.10 bits per heavy atom. The first-order chi connectivity index (χ1) is 9.30. The summed E-state index contributed by atoms with van der Waals surface area (Å²) in [6.45, 7) is 0. The van der Waals surface area contributed by atoms with Crippen molar-refractivity contribution in [2.24, 2.45) is 0 Å². The van der Waals surface area contributed by atoms with Crippen LogP contribution < -0.4 is 0 Å². The van der Waals surface area contributed by atoms with Crippen molar-refractivity contribution in [2.75, 3.05) is 0 Å². The highest BCUT2D eigenvalue weighted by Gasteiger charge is 2.35. The lowest BCUT2D eigenvalue weighted by atomic mass is 10.00. The third-order valence-electron chi connectivity index (χ3n) is 2.54. The molecule has 0 aliphatic carbocycles. The number of benzene rings is 1. The Morgan fingerprint density at radius 3 is 2.45 bits per heavy atom. The summed E-state index contributed by atoms with van der Waals surface area (Å²) in [7, 11) is 0. The predicted octanol–water partition coefficient (Wildman–Crippen LogP) is 4.64. The van der Waals surface area contributed by atoms with Crippen molar-refractivity contribution < 1.29 is 18.0 Å². The van der Waals surface area contributed by atoms with E-state index in [1.807, 2.05) is 0 Å². The maximum absolute atomic E-state index is 12.9. The third-order valence-corrected chi connectivity index (χ3v) is 3.11. The molecule has 0 fully saturated rings. The van der Waals surface area contributed by atoms with Gasteiger partial charge in [0.1, 0.15) is 0 Å². The zero-order valence-corrected chi connectivity index (χ0v) is 11.2. The molecule has 0 bridgehead atoms. The molecule has 1 aromatic carbocycles. The number of aromatic nitrogens is 1. The quantitative estimate of drug-likeness (QED) is 0.755. The van der Waals surface area contributed by atoms with E-state index in [4.69, 9.17) is 23.2 Å². The number of alkyl halides is 3. The fourth-order valence-corrected chi connectivity index (χ4v) is 2.01. The SMILES string of the molecule is O=C(c1cc(Cl)ccc1Cl)c1cnccc1C(F)(F)F. The van der Waals surface area contributed by atoms with Crippen molar-refractivity contribution in [2.45, 2.75) is 6.18 Å². The zero-order chi connectivity index (χ0) is 14.9. The van der Waals surface area contributed by atoms with Crippen molar-refractivity contribution in [1.29, 1.82) is 0 Å². The standard InChI is InChI=1S/C13H6Cl2F3NO/c14-7-1-2-11(15)8(5-7)12(20)9-6-19-4-3-10(9)13(16,17)18/h1-6H. The summed E-state index contributed by atoms with van der Waals surface area (Å²) in [5.74, 6) is -0.877. The van der Waals surface area contributed by atoms with Gasteiger partial charge in [0.2, 0.25) is 0 Å². The molecule has 20 heavy (non-hydrogen) atoms. The van der Waals surface area contributed by atoms with E-state index in [0.717, 1.165) is 18.5 Å². The molecule has 0 saturated carbocycles. The van der Waals surface area contributed by atoms with Gasteiger partial charge in [0.15, 0.2) is 5.78 Å². The van der Waals surface area contributed by atoms with Crippen molar-refractivity contribution in [3.8, 4) is 0 Å². The molecule has 0 unspecified atom stereocenters. The molecule has 0 aliphatic rings. The molecule has 1 heterocycles. The number of hydrogen-bond donors (Lipinski definition) is 0. The molecule has 7 heteroatoms. The summed E-state index contributed by atoms with van der Waals surface area (Å²) in [4.78, 5) is 15.8. The number of pyridine rings is 1. The van der Waals surface area contributed by atoms with Gasteiger partial charge in [-0.2, -0.15) is 13.2 Å². The van der Waals surface area contributed by atoms with Crippen molar-refractivity contribution >= 4 is 29.0 Å². The lowest BCUT2D eigenvalue weighted by Gasteiger charge is -2.12. The number of ketones is 1. The average molecular weight is 320 g/mol. The van der Waals surface area contributed by atoms with Gasteiger partial charge in [0.05, 0.1) is 16.1 Å². The summed E-state index contributed by atoms with van der Waals surface area (Å²) in [5.41, 5.74) is -1.73. The molecular formula is C13H6Cl2F3NO. The van der Waals surface area contributed by atoms with Gasteiger partial charge in [-0.1, -0.05) is 23.2 Å². The lowest BCUT2D eigenvalue weighted by Crippen LogP contribution is -2.14. The Kier molecular flexibility index (Phi) is 4.01. The first-order valence-corrected chi connectivity index (χ1v) is 6.07. The van der Waals surface area contributed by atoms with Crippen LogP contribution in [0.4, 0.5) is 13.2 Å². The van der Waals surface area contributed by atoms with Gasteiger partial charge < -0.3 is 0 Å². The number of rotatable bonds is 2. The molecule has 0 aliphatic heterocycles. The summed E-state index contributed by atoms with van der Waals surface area (Å²) < 4.78 is 38.6. The van der Waals surface area contributed by atoms with Gasteiger partial charge in [0, 0.05) is 23.0 Å². The van der Waals surface area contributed by atoms with Crippen LogP contribution in [-0.4, -0.2) is 10.8 Å². The first-order valence-electron chi connectivity index (χ1n) is 5.31. The number of nitrogens with zero attached hydrogens (tertiary/aromatic N) is 1. The molecule has 104 valence electrons. The molecule has 2 aromatic rings. The zero-order valence-electron chi connectivity index (χ0n) is 9.71. The number of hydrogen-bond acceptors (Lipinski definition) is 2. The Morgan fingerprint density at radius 2 is 1.80 bits per heavy atom. The minimum absolute atomic E-state index is 0.0244. The Hall–Kier alpha value is -1.59. The third kappa shape index (κ3) is 2.94. The van der Waals surface area contributed by atoms with Gasteiger partial charge in [-0.25, -0.2) is 0 Å². The summed E-state index contributed by atoms with van der Waals surface area (Å²) in [6, 6.07) is 4.75. The highest BCUT2D eigenvalue weighted by atomic mass is 35.5. The topological polar surface area (TPSA) is 30.0 Å². The smallest absolute Gasteiger partial charge is 0.288 e. The van der Waals surface area contributed by atoms with Crippen LogP contribution in [0.5, 0.6) is 0 Å². The molecule has 1 aromatic heterocycles. The second-order valence-electron chi connectivity index (χ2n) is 3.87. The molecule has 0 radical (unpaired) electrons. The maximum atomic E-state index is 12.9. The molecule has 0 spiro atoms. The largest absolute Gasteiger partial charge is 0.417 e. The van der Waals surface area contributed by atoms with E-state index in [-0.39, 0.29) is 15.6 Å². The van der Waals surface area contributed by atoms with Crippen LogP contribution in [0.3, 0.4) is 0 Å². The minimum atomic E-state index is -4.65. The second kappa shape index (κ2) is 5.42. The minimum Gasteiger partial charge on any atom is -0.288 e. The van der Waals surface area contributed by atoms with Crippen molar-refractivity contribution in [1.82, 2.24) is 4.98 Å². The fourth-order valence-electron chi connectivity index (χ4n) is 1.64. The Bertz CT molecular complexity index is 671. The number of halogens is 5. The average Bonchev–Trinajstić information content (AvgIpc) is 2.40. The van der Waals surface area contributed by atoms with Gasteiger partial charge in [-0.05, 0) is 24.3 Å². The summed E-state index contributed by atoms with van der Waals surface area (Å²) in [6.07, 6.45) is -2.82. The molecule has 2 nitrogen and oxygen atoms in total. The monoisotopic (exact) mass is 319 g/mol. The number of carbonyl (C=O) groups excluding carboxylic acids is 1. The molecule has 0 amide bonds. The predicted molar refractivity (Wildman–Crippen MR) is 69.1 cm³/mol. The summed E-state index contributed by atoms with van der Waals surface area (Å²) in [5, 5.41) is 0.228. The van der Waals surface area contributed by atoms with Crippen LogP contribution in [0, 0.1) is 0 Å². The van der Waals surface area contributed by atoms with E-state index in [1.165, 1.54) is 18.2 Å². The molecular weight excluding hydrogens is 314 g/mol. The Balaban J connectivity index is 2.57. The molecule has 0 saturated heterocycles. The van der Waals surface area contributed by atoms with Gasteiger partial charge >= 0.3 is 6.18 Å². The van der Waals surface area contributed by atoms with Crippen molar-refractivity contribution in [3.05, 3.63) is 63.4 Å². The Labute approximate surface area is 122 Å². The van der Waals surface area contributed by atoms with Crippen LogP contribution in [0.15, 0.2) is 36.7 Å². The van der Waals surface area contributed by atoms with Crippen LogP contribution >= 0.6 is 23.2 Å². The maximum Gasteiger partial charge on any atom is 0.417 e. The molecule has 0 atom stereocenters. The van der Waals surface area contributed by atoms with Crippen LogP contribution in [0.1, 0.15) is 21.5 Å². The van der Waals surface area contributed by atoms with Gasteiger partial charge in [-0.3, -0.25) is 9.78 Å². The highest BCUT2D eigenvalue weighted by Crippen LogP contribution is 2.33. The van der Waals surface area contributed by atoms with E-state index in [1.54, 1.807) is 0 Å². The van der Waals surface area contributed by atoms with Crippen LogP contribution in [-0.2, 0) is 6.18 Å². The number of carbonyl (C=O) groups is 1. The van der Waals surface area contributed by atoms with E-state index in [2.05, 4.69) is 4.98 Å². The fraction of sp³-hybridized carbons (Fsp3) is 0.0769. The van der Waals surface area contributed by atoms with E-state index >= 15 is 0 Å². The van der Waals surface area contributed by atoms with E-state index in [9.17, 15) is 18.0 Å². The van der Waals surface area contributed by atoms with Gasteiger partial charge in [0.25, 0.3) is 0 Å². The lowest BCUT2D eigenvalue weighted by molar-refractivity contribution is -0.137. The molecule has 2 rings (SSSR count). The second-order valence-corrected chi connectivity index (χ2v) is 4.72. The van der Waals surface area contributed by atoms with Crippen LogP contribution in [0.2, 0.25) is 10.0 Å². The first kappa shape index (κ1) is 14.8. The van der Waals surface area contributed by atoms with Crippen LogP contribution in [0.25, 0.3) is 0 Å². The van der Waals surface area contributed by atoms with E-state index in [0.29, 0.717) is 0 Å². The normalized spacial score (nSPS) is 11.4. The summed E-state index contributed by atoms with van der Waals surface area (Å²) >= 11 is 11.6. The van der Waals surface area contributed by atoms with E-state index < -0.39 is 23.1 Å². The highest BCUT2D eigenvalue weighted by molar-refractivity contribution is 6.36. The van der Waals surface area contributed by atoms with Crippen molar-refractivity contribution in [3.63, 3.8) is 0 Å². The molecule has 0 N–H and O–H groups in total. The van der Waals surface area contributed by atoms with Gasteiger partial charge in [-0.15, -0.1) is 0 Å².